The van der Waals surface area contributed by atoms with Gasteiger partial charge in [-0.05, 0) is 50.3 Å². The van der Waals surface area contributed by atoms with Crippen molar-refractivity contribution in [2.45, 2.75) is 64.5 Å². The molecule has 2 aliphatic heterocycles. The summed E-state index contributed by atoms with van der Waals surface area (Å²) < 4.78 is 6.17. The van der Waals surface area contributed by atoms with Crippen molar-refractivity contribution in [2.75, 3.05) is 13.2 Å². The van der Waals surface area contributed by atoms with Crippen molar-refractivity contribution in [3.8, 4) is 5.75 Å². The first kappa shape index (κ1) is 18.4. The molecule has 2 saturated heterocycles. The molecule has 0 N–H and O–H groups in total. The summed E-state index contributed by atoms with van der Waals surface area (Å²) in [5, 5.41) is 1.15. The Kier molecular flexibility index (Phi) is 6.34. The molecule has 2 unspecified atom stereocenters. The number of fused-ring (bicyclic) bond motifs is 2. The second-order valence-electron chi connectivity index (χ2n) is 7.37. The highest BCUT2D eigenvalue weighted by Gasteiger charge is 2.46. The fraction of sp³-hybridized carbons (Fsp3) is 0.700. The first-order valence-electron chi connectivity index (χ1n) is 9.47. The molecule has 0 saturated carbocycles. The lowest BCUT2D eigenvalue weighted by atomic mass is 9.78. The summed E-state index contributed by atoms with van der Waals surface area (Å²) in [5.41, 5.74) is 0. The van der Waals surface area contributed by atoms with Gasteiger partial charge in [-0.2, -0.15) is 0 Å². The van der Waals surface area contributed by atoms with E-state index in [1.807, 2.05) is 18.2 Å². The van der Waals surface area contributed by atoms with Gasteiger partial charge in [-0.1, -0.05) is 49.9 Å². The van der Waals surface area contributed by atoms with E-state index in [0.29, 0.717) is 22.0 Å². The maximum absolute atomic E-state index is 6.17. The second kappa shape index (κ2) is 8.29. The van der Waals surface area contributed by atoms with Crippen molar-refractivity contribution < 1.29 is 4.74 Å². The molecular formula is C20H29Cl2NO. The first-order chi connectivity index (χ1) is 11.6. The number of hydrogen-bond acceptors (Lipinski definition) is 2. The third-order valence-corrected chi connectivity index (χ3v) is 6.58. The summed E-state index contributed by atoms with van der Waals surface area (Å²) in [6, 6.07) is 7.09. The van der Waals surface area contributed by atoms with Gasteiger partial charge in [0.25, 0.3) is 0 Å². The SMILES string of the molecule is CCC[C@H]1CC2CCC([C@@H]1COc1ccc(Cl)c(Cl)c1)N2CCC. The second-order valence-corrected chi connectivity index (χ2v) is 8.19. The molecule has 0 spiro atoms. The van der Waals surface area contributed by atoms with Crippen molar-refractivity contribution in [3.05, 3.63) is 28.2 Å². The molecule has 1 aromatic rings. The van der Waals surface area contributed by atoms with Crippen LogP contribution in [-0.2, 0) is 0 Å². The highest BCUT2D eigenvalue weighted by Crippen LogP contribution is 2.44. The Hall–Kier alpha value is -0.440. The minimum Gasteiger partial charge on any atom is -0.493 e. The van der Waals surface area contributed by atoms with Gasteiger partial charge in [0.05, 0.1) is 16.7 Å². The molecular weight excluding hydrogens is 341 g/mol. The molecule has 2 heterocycles. The van der Waals surface area contributed by atoms with Crippen LogP contribution in [0.25, 0.3) is 0 Å². The largest absolute Gasteiger partial charge is 0.493 e. The van der Waals surface area contributed by atoms with Crippen molar-refractivity contribution >= 4 is 23.2 Å². The average molecular weight is 370 g/mol. The molecule has 2 bridgehead atoms. The van der Waals surface area contributed by atoms with Crippen molar-refractivity contribution in [3.63, 3.8) is 0 Å². The lowest BCUT2D eigenvalue weighted by molar-refractivity contribution is 0.0174. The van der Waals surface area contributed by atoms with Crippen LogP contribution in [0.2, 0.25) is 10.0 Å². The first-order valence-corrected chi connectivity index (χ1v) is 10.2. The lowest BCUT2D eigenvalue weighted by Crippen LogP contribution is -2.50. The summed E-state index contributed by atoms with van der Waals surface area (Å²) >= 11 is 12.1. The topological polar surface area (TPSA) is 12.5 Å². The smallest absolute Gasteiger partial charge is 0.120 e. The number of nitrogens with zero attached hydrogens (tertiary/aromatic N) is 1. The maximum atomic E-state index is 6.17. The molecule has 4 atom stereocenters. The van der Waals surface area contributed by atoms with Crippen LogP contribution in [0.4, 0.5) is 0 Å². The molecule has 0 radical (unpaired) electrons. The zero-order valence-corrected chi connectivity index (χ0v) is 16.3. The van der Waals surface area contributed by atoms with Crippen LogP contribution < -0.4 is 4.74 Å². The molecule has 2 fully saturated rings. The summed E-state index contributed by atoms with van der Waals surface area (Å²) in [5.74, 6) is 2.26. The molecule has 2 aliphatic rings. The van der Waals surface area contributed by atoms with Gasteiger partial charge in [0.1, 0.15) is 5.75 Å². The Labute approximate surface area is 156 Å². The summed E-state index contributed by atoms with van der Waals surface area (Å²) in [6.07, 6.45) is 7.88. The zero-order valence-electron chi connectivity index (χ0n) is 14.8. The number of piperidine rings is 1. The van der Waals surface area contributed by atoms with Gasteiger partial charge in [-0.3, -0.25) is 4.90 Å². The van der Waals surface area contributed by atoms with E-state index in [2.05, 4.69) is 18.7 Å². The third kappa shape index (κ3) is 3.86. The standard InChI is InChI=1S/C20H29Cl2NO/c1-3-5-14-11-15-6-9-20(23(15)10-4-2)17(14)13-24-16-7-8-18(21)19(22)12-16/h7-8,12,14-15,17,20H,3-6,9-11,13H2,1-2H3/t14-,15?,17+,20?/m0/s1. The van der Waals surface area contributed by atoms with Crippen LogP contribution in [0.1, 0.15) is 52.4 Å². The Morgan fingerprint density at radius 3 is 2.67 bits per heavy atom. The average Bonchev–Trinajstić information content (AvgIpc) is 2.85. The fourth-order valence-corrected chi connectivity index (χ4v) is 5.12. The van der Waals surface area contributed by atoms with Crippen LogP contribution in [0.5, 0.6) is 5.75 Å². The van der Waals surface area contributed by atoms with Gasteiger partial charge in [0.15, 0.2) is 0 Å². The maximum Gasteiger partial charge on any atom is 0.120 e. The van der Waals surface area contributed by atoms with Gasteiger partial charge >= 0.3 is 0 Å². The van der Waals surface area contributed by atoms with Gasteiger partial charge in [0.2, 0.25) is 0 Å². The Morgan fingerprint density at radius 2 is 1.96 bits per heavy atom. The molecule has 134 valence electrons. The van der Waals surface area contributed by atoms with E-state index in [-0.39, 0.29) is 0 Å². The van der Waals surface area contributed by atoms with Crippen LogP contribution in [-0.4, -0.2) is 30.1 Å². The van der Waals surface area contributed by atoms with Gasteiger partial charge in [-0.25, -0.2) is 0 Å². The highest BCUT2D eigenvalue weighted by molar-refractivity contribution is 6.42. The molecule has 2 nitrogen and oxygen atoms in total. The fourth-order valence-electron chi connectivity index (χ4n) is 4.83. The molecule has 24 heavy (non-hydrogen) atoms. The predicted octanol–water partition coefficient (Wildman–Crippen LogP) is 6.05. The van der Waals surface area contributed by atoms with Crippen LogP contribution in [0.3, 0.4) is 0 Å². The minimum absolute atomic E-state index is 0.566. The van der Waals surface area contributed by atoms with E-state index < -0.39 is 0 Å². The molecule has 0 aliphatic carbocycles. The summed E-state index contributed by atoms with van der Waals surface area (Å²) in [6.45, 7) is 6.62. The zero-order chi connectivity index (χ0) is 17.1. The number of benzene rings is 1. The number of hydrogen-bond donors (Lipinski definition) is 0. The summed E-state index contributed by atoms with van der Waals surface area (Å²) in [4.78, 5) is 2.77. The normalized spacial score (nSPS) is 29.8. The summed E-state index contributed by atoms with van der Waals surface area (Å²) in [7, 11) is 0. The molecule has 0 aromatic heterocycles. The van der Waals surface area contributed by atoms with E-state index in [9.17, 15) is 0 Å². The van der Waals surface area contributed by atoms with E-state index >= 15 is 0 Å². The number of halogens is 2. The number of ether oxygens (including phenoxy) is 1. The highest BCUT2D eigenvalue weighted by atomic mass is 35.5. The molecule has 0 amide bonds. The number of rotatable bonds is 7. The third-order valence-electron chi connectivity index (χ3n) is 5.84. The van der Waals surface area contributed by atoms with Crippen LogP contribution >= 0.6 is 23.2 Å². The van der Waals surface area contributed by atoms with E-state index in [4.69, 9.17) is 27.9 Å². The molecule has 3 rings (SSSR count). The van der Waals surface area contributed by atoms with Crippen LogP contribution in [0, 0.1) is 11.8 Å². The van der Waals surface area contributed by atoms with Gasteiger partial charge in [-0.15, -0.1) is 0 Å². The van der Waals surface area contributed by atoms with E-state index in [1.165, 1.54) is 45.1 Å². The van der Waals surface area contributed by atoms with Crippen molar-refractivity contribution in [1.29, 1.82) is 0 Å². The predicted molar refractivity (Wildman–Crippen MR) is 102 cm³/mol. The minimum atomic E-state index is 0.566. The van der Waals surface area contributed by atoms with Gasteiger partial charge < -0.3 is 4.74 Å². The van der Waals surface area contributed by atoms with E-state index in [1.54, 1.807) is 0 Å². The quantitative estimate of drug-likeness (QED) is 0.579. The van der Waals surface area contributed by atoms with Crippen molar-refractivity contribution in [2.24, 2.45) is 11.8 Å². The Balaban J connectivity index is 1.70. The van der Waals surface area contributed by atoms with Gasteiger partial charge in [0, 0.05) is 24.1 Å². The Morgan fingerprint density at radius 1 is 1.12 bits per heavy atom. The Bertz CT molecular complexity index is 550. The monoisotopic (exact) mass is 369 g/mol. The molecule has 4 heteroatoms. The molecule has 1 aromatic carbocycles. The van der Waals surface area contributed by atoms with E-state index in [0.717, 1.165) is 24.3 Å². The lowest BCUT2D eigenvalue weighted by Gasteiger charge is -2.44. The van der Waals surface area contributed by atoms with Crippen LogP contribution in [0.15, 0.2) is 18.2 Å². The van der Waals surface area contributed by atoms with Crippen molar-refractivity contribution in [1.82, 2.24) is 4.90 Å².